The van der Waals surface area contributed by atoms with Crippen LogP contribution in [0.4, 0.5) is 0 Å². The van der Waals surface area contributed by atoms with Crippen LogP contribution in [0.15, 0.2) is 0 Å². The summed E-state index contributed by atoms with van der Waals surface area (Å²) < 4.78 is 0. The van der Waals surface area contributed by atoms with Gasteiger partial charge in [0.1, 0.15) is 0 Å². The molecule has 0 atom stereocenters. The first-order valence-electron chi connectivity index (χ1n) is 7.26. The van der Waals surface area contributed by atoms with Gasteiger partial charge < -0.3 is 15.1 Å². The molecule has 1 rings (SSSR count). The van der Waals surface area contributed by atoms with Crippen molar-refractivity contribution in [2.24, 2.45) is 0 Å². The normalized spacial score (nSPS) is 15.4. The van der Waals surface area contributed by atoms with Crippen molar-refractivity contribution in [2.75, 3.05) is 33.2 Å². The Morgan fingerprint density at radius 2 is 2.06 bits per heavy atom. The van der Waals surface area contributed by atoms with Crippen molar-refractivity contribution < 1.29 is 4.79 Å². The molecule has 1 N–H and O–H groups in total. The molecule has 1 aliphatic rings. The Bertz CT molecular complexity index is 251. The molecule has 18 heavy (non-hydrogen) atoms. The molecule has 4 heteroatoms. The van der Waals surface area contributed by atoms with Crippen molar-refractivity contribution in [3.63, 3.8) is 0 Å². The maximum absolute atomic E-state index is 11.9. The molecule has 1 saturated carbocycles. The molecule has 1 fully saturated rings. The molecule has 0 aromatic carbocycles. The van der Waals surface area contributed by atoms with Gasteiger partial charge in [0.2, 0.25) is 5.91 Å². The minimum absolute atomic E-state index is 0.261. The summed E-state index contributed by atoms with van der Waals surface area (Å²) in [5.41, 5.74) is 0. The van der Waals surface area contributed by atoms with Crippen LogP contribution in [0.2, 0.25) is 0 Å². The molecule has 0 bridgehead atoms. The van der Waals surface area contributed by atoms with Crippen LogP contribution in [0.5, 0.6) is 0 Å². The highest BCUT2D eigenvalue weighted by Gasteiger charge is 2.30. The van der Waals surface area contributed by atoms with Crippen molar-refractivity contribution in [3.05, 3.63) is 0 Å². The number of amides is 1. The summed E-state index contributed by atoms with van der Waals surface area (Å²) in [6.07, 6.45) is 3.48. The van der Waals surface area contributed by atoms with Crippen molar-refractivity contribution in [1.82, 2.24) is 15.1 Å². The summed E-state index contributed by atoms with van der Waals surface area (Å²) >= 11 is 0. The summed E-state index contributed by atoms with van der Waals surface area (Å²) in [4.78, 5) is 16.2. The highest BCUT2D eigenvalue weighted by Crippen LogP contribution is 2.26. The number of carbonyl (C=O) groups excluding carboxylic acids is 1. The third kappa shape index (κ3) is 5.36. The van der Waals surface area contributed by atoms with Crippen LogP contribution >= 0.6 is 0 Å². The molecule has 1 aliphatic carbocycles. The second-order valence-electron chi connectivity index (χ2n) is 5.52. The van der Waals surface area contributed by atoms with E-state index in [1.165, 1.54) is 12.8 Å². The fourth-order valence-corrected chi connectivity index (χ4v) is 2.03. The Morgan fingerprint density at radius 3 is 2.56 bits per heavy atom. The molecule has 1 amide bonds. The Morgan fingerprint density at radius 1 is 1.39 bits per heavy atom. The predicted molar refractivity (Wildman–Crippen MR) is 75.7 cm³/mol. The van der Waals surface area contributed by atoms with Crippen LogP contribution < -0.4 is 5.32 Å². The van der Waals surface area contributed by atoms with Crippen LogP contribution in [0.25, 0.3) is 0 Å². The third-order valence-corrected chi connectivity index (χ3v) is 3.67. The molecular formula is C14H29N3O. The van der Waals surface area contributed by atoms with Gasteiger partial charge in [-0.15, -0.1) is 0 Å². The number of rotatable bonds is 9. The first-order chi connectivity index (χ1) is 8.56. The summed E-state index contributed by atoms with van der Waals surface area (Å²) in [5, 5.41) is 3.26. The lowest BCUT2D eigenvalue weighted by atomic mass is 10.3. The minimum atomic E-state index is 0.261. The number of nitrogens with zero attached hydrogens (tertiary/aromatic N) is 2. The smallest absolute Gasteiger partial charge is 0.236 e. The van der Waals surface area contributed by atoms with E-state index in [9.17, 15) is 4.79 Å². The largest absolute Gasteiger partial charge is 0.339 e. The Labute approximate surface area is 112 Å². The Balaban J connectivity index is 2.05. The van der Waals surface area contributed by atoms with E-state index in [-0.39, 0.29) is 5.91 Å². The van der Waals surface area contributed by atoms with Gasteiger partial charge in [-0.05, 0) is 60.2 Å². The highest BCUT2D eigenvalue weighted by molar-refractivity contribution is 5.78. The van der Waals surface area contributed by atoms with E-state index < -0.39 is 0 Å². The number of likely N-dealkylation sites (N-methyl/N-ethyl adjacent to an activating group) is 1. The van der Waals surface area contributed by atoms with Crippen molar-refractivity contribution in [2.45, 2.75) is 52.1 Å². The van der Waals surface area contributed by atoms with E-state index in [1.54, 1.807) is 0 Å². The summed E-state index contributed by atoms with van der Waals surface area (Å²) in [6, 6.07) is 1.13. The topological polar surface area (TPSA) is 35.6 Å². The molecule has 0 unspecified atom stereocenters. The average Bonchev–Trinajstić information content (AvgIpc) is 3.13. The van der Waals surface area contributed by atoms with Crippen LogP contribution in [0.1, 0.15) is 40.0 Å². The van der Waals surface area contributed by atoms with Gasteiger partial charge in [0.05, 0.1) is 6.54 Å². The van der Waals surface area contributed by atoms with Crippen molar-refractivity contribution >= 4 is 5.91 Å². The molecule has 0 heterocycles. The van der Waals surface area contributed by atoms with Gasteiger partial charge in [-0.25, -0.2) is 0 Å². The van der Waals surface area contributed by atoms with Crippen LogP contribution in [-0.4, -0.2) is 61.0 Å². The van der Waals surface area contributed by atoms with Crippen molar-refractivity contribution in [3.8, 4) is 0 Å². The zero-order chi connectivity index (χ0) is 13.5. The lowest BCUT2D eigenvalue weighted by molar-refractivity contribution is -0.130. The number of hydrogen-bond acceptors (Lipinski definition) is 3. The first-order valence-corrected chi connectivity index (χ1v) is 7.26. The summed E-state index contributed by atoms with van der Waals surface area (Å²) in [5.74, 6) is 0.261. The third-order valence-electron chi connectivity index (χ3n) is 3.67. The molecule has 0 radical (unpaired) electrons. The quantitative estimate of drug-likeness (QED) is 0.631. The van der Waals surface area contributed by atoms with Gasteiger partial charge in [0.25, 0.3) is 0 Å². The second-order valence-corrected chi connectivity index (χ2v) is 5.52. The number of hydrogen-bond donors (Lipinski definition) is 1. The van der Waals surface area contributed by atoms with Crippen LogP contribution in [0.3, 0.4) is 0 Å². The highest BCUT2D eigenvalue weighted by atomic mass is 16.2. The van der Waals surface area contributed by atoms with Crippen LogP contribution in [-0.2, 0) is 4.79 Å². The van der Waals surface area contributed by atoms with E-state index in [1.807, 2.05) is 4.90 Å². The van der Waals surface area contributed by atoms with Gasteiger partial charge in [0, 0.05) is 18.6 Å². The lowest BCUT2D eigenvalue weighted by Crippen LogP contribution is -2.40. The van der Waals surface area contributed by atoms with Gasteiger partial charge in [-0.3, -0.25) is 4.79 Å². The summed E-state index contributed by atoms with van der Waals surface area (Å²) in [7, 11) is 2.14. The standard InChI is InChI=1S/C14H29N3O/c1-5-17(13-7-8-13)14(18)11-15-9-6-10-16(4)12(2)3/h12-13,15H,5-11H2,1-4H3. The zero-order valence-corrected chi connectivity index (χ0v) is 12.4. The Kier molecular flexibility index (Phi) is 6.65. The maximum atomic E-state index is 11.9. The van der Waals surface area contributed by atoms with Crippen LogP contribution in [0, 0.1) is 0 Å². The molecule has 4 nitrogen and oxygen atoms in total. The molecular weight excluding hydrogens is 226 g/mol. The average molecular weight is 255 g/mol. The van der Waals surface area contributed by atoms with E-state index >= 15 is 0 Å². The fourth-order valence-electron chi connectivity index (χ4n) is 2.03. The fraction of sp³-hybridized carbons (Fsp3) is 0.929. The number of carbonyl (C=O) groups is 1. The summed E-state index contributed by atoms with van der Waals surface area (Å²) in [6.45, 7) is 9.81. The van der Waals surface area contributed by atoms with E-state index in [4.69, 9.17) is 0 Å². The van der Waals surface area contributed by atoms with E-state index in [0.29, 0.717) is 18.6 Å². The molecule has 0 saturated heterocycles. The van der Waals surface area contributed by atoms with Gasteiger partial charge >= 0.3 is 0 Å². The molecule has 0 spiro atoms. The van der Waals surface area contributed by atoms with Gasteiger partial charge in [-0.2, -0.15) is 0 Å². The first kappa shape index (κ1) is 15.4. The maximum Gasteiger partial charge on any atom is 0.236 e. The molecule has 0 aliphatic heterocycles. The predicted octanol–water partition coefficient (Wildman–Crippen LogP) is 1.32. The zero-order valence-electron chi connectivity index (χ0n) is 12.4. The van der Waals surface area contributed by atoms with Gasteiger partial charge in [0.15, 0.2) is 0 Å². The molecule has 0 aromatic heterocycles. The second kappa shape index (κ2) is 7.74. The minimum Gasteiger partial charge on any atom is -0.339 e. The van der Waals surface area contributed by atoms with Gasteiger partial charge in [-0.1, -0.05) is 0 Å². The Hall–Kier alpha value is -0.610. The van der Waals surface area contributed by atoms with Crippen molar-refractivity contribution in [1.29, 1.82) is 0 Å². The molecule has 0 aromatic rings. The monoisotopic (exact) mass is 255 g/mol. The number of nitrogens with one attached hydrogen (secondary N) is 1. The lowest BCUT2D eigenvalue weighted by Gasteiger charge is -2.22. The van der Waals surface area contributed by atoms with E-state index in [0.717, 1.165) is 26.1 Å². The SMILES string of the molecule is CCN(C(=O)CNCCCN(C)C(C)C)C1CC1. The molecule has 106 valence electrons. The van der Waals surface area contributed by atoms with E-state index in [2.05, 4.69) is 38.0 Å².